The molecule has 4 N–H and O–H groups in total. The molecule has 232 valence electrons. The fourth-order valence-corrected chi connectivity index (χ4v) is 6.08. The molecule has 2 fully saturated rings. The number of carbonyl (C=O) groups excluding carboxylic acids is 2. The number of rotatable bonds is 10. The molecule has 2 aliphatic heterocycles. The summed E-state index contributed by atoms with van der Waals surface area (Å²) in [5.41, 5.74) is 11.5. The lowest BCUT2D eigenvalue weighted by Crippen LogP contribution is -2.47. The Morgan fingerprint density at radius 3 is 2.61 bits per heavy atom. The van der Waals surface area contributed by atoms with E-state index in [9.17, 15) is 14.0 Å². The Kier molecular flexibility index (Phi) is 10.2. The molecule has 0 radical (unpaired) electrons. The molecule has 1 atom stereocenters. The molecule has 6 rings (SSSR count). The van der Waals surface area contributed by atoms with E-state index in [1.54, 1.807) is 12.3 Å². The molecule has 0 aliphatic carbocycles. The Labute approximate surface area is 262 Å². The summed E-state index contributed by atoms with van der Waals surface area (Å²) >= 11 is 0. The number of unbranched alkanes of at least 4 members (excludes halogenated alkanes) is 1. The monoisotopic (exact) mass is 620 g/mol. The highest BCUT2D eigenvalue weighted by molar-refractivity contribution is 6.01. The minimum absolute atomic E-state index is 0. The smallest absolute Gasteiger partial charge is 0.249 e. The Morgan fingerprint density at radius 1 is 1.05 bits per heavy atom. The maximum absolute atomic E-state index is 14.4. The SMILES string of the molecule is Cl.NCc1ccc(-c2ncnn3cc(CCCCN4CCC(c5ccc(NC6CCC(=O)NC6=O)cn5)CC4)cc23)cc1F. The molecule has 44 heavy (non-hydrogen) atoms. The maximum atomic E-state index is 14.4. The van der Waals surface area contributed by atoms with Crippen molar-refractivity contribution in [2.75, 3.05) is 25.0 Å². The van der Waals surface area contributed by atoms with Crippen LogP contribution in [-0.4, -0.2) is 62.0 Å². The van der Waals surface area contributed by atoms with Crippen molar-refractivity contribution in [3.8, 4) is 11.3 Å². The van der Waals surface area contributed by atoms with E-state index in [2.05, 4.69) is 42.7 Å². The Balaban J connectivity index is 0.00000384. The van der Waals surface area contributed by atoms with Crippen molar-refractivity contribution in [3.05, 3.63) is 77.8 Å². The molecule has 2 aliphatic rings. The van der Waals surface area contributed by atoms with Gasteiger partial charge in [-0.2, -0.15) is 5.10 Å². The van der Waals surface area contributed by atoms with Crippen LogP contribution in [0.15, 0.2) is 55.1 Å². The average molecular weight is 621 g/mol. The molecule has 3 aromatic heterocycles. The van der Waals surface area contributed by atoms with Gasteiger partial charge >= 0.3 is 0 Å². The van der Waals surface area contributed by atoms with Crippen molar-refractivity contribution < 1.29 is 14.0 Å². The summed E-state index contributed by atoms with van der Waals surface area (Å²) in [4.78, 5) is 35.0. The molecule has 1 aromatic carbocycles. The number of aryl methyl sites for hydroxylation is 1. The van der Waals surface area contributed by atoms with Crippen LogP contribution < -0.4 is 16.4 Å². The highest BCUT2D eigenvalue weighted by atomic mass is 35.5. The molecule has 12 heteroatoms. The lowest BCUT2D eigenvalue weighted by molar-refractivity contribution is -0.133. The fourth-order valence-electron chi connectivity index (χ4n) is 6.08. The van der Waals surface area contributed by atoms with Gasteiger partial charge in [0.2, 0.25) is 11.8 Å². The standard InChI is InChI=1S/C32H37FN8O2.ClH/c33-26-16-23(4-5-24(26)17-34)31-29-15-21(19-41(29)37-20-36-31)3-1-2-12-40-13-10-22(11-14-40)27-7-6-25(18-35-27)38-28-8-9-30(42)39-32(28)43;/h4-7,15-16,18-20,22,28,38H,1-3,8-14,17,34H2,(H,39,42,43);1H. The topological polar surface area (TPSA) is 131 Å². The zero-order valence-corrected chi connectivity index (χ0v) is 25.4. The Morgan fingerprint density at radius 2 is 1.89 bits per heavy atom. The van der Waals surface area contributed by atoms with E-state index in [0.717, 1.165) is 68.6 Å². The summed E-state index contributed by atoms with van der Waals surface area (Å²) < 4.78 is 16.2. The van der Waals surface area contributed by atoms with Crippen LogP contribution >= 0.6 is 12.4 Å². The van der Waals surface area contributed by atoms with Crippen LogP contribution in [0.1, 0.15) is 61.3 Å². The predicted molar refractivity (Wildman–Crippen MR) is 169 cm³/mol. The second-order valence-electron chi connectivity index (χ2n) is 11.5. The van der Waals surface area contributed by atoms with E-state index in [-0.39, 0.29) is 36.6 Å². The summed E-state index contributed by atoms with van der Waals surface area (Å²) in [6.45, 7) is 3.34. The van der Waals surface area contributed by atoms with Gasteiger partial charge in [0.05, 0.1) is 23.1 Å². The van der Waals surface area contributed by atoms with Gasteiger partial charge < -0.3 is 16.0 Å². The number of benzene rings is 1. The number of nitrogens with zero attached hydrogens (tertiary/aromatic N) is 5. The number of aromatic nitrogens is 4. The molecule has 2 amide bonds. The number of nitrogens with one attached hydrogen (secondary N) is 2. The summed E-state index contributed by atoms with van der Waals surface area (Å²) in [6.07, 6.45) is 11.5. The molecular weight excluding hydrogens is 583 g/mol. The number of pyridine rings is 1. The largest absolute Gasteiger partial charge is 0.372 e. The number of imide groups is 1. The maximum Gasteiger partial charge on any atom is 0.249 e. The first kappa shape index (κ1) is 31.5. The van der Waals surface area contributed by atoms with E-state index in [1.165, 1.54) is 18.0 Å². The first-order valence-corrected chi connectivity index (χ1v) is 15.1. The van der Waals surface area contributed by atoms with Crippen molar-refractivity contribution in [1.82, 2.24) is 29.8 Å². The third-order valence-electron chi connectivity index (χ3n) is 8.57. The van der Waals surface area contributed by atoms with E-state index < -0.39 is 6.04 Å². The number of halogens is 2. The first-order chi connectivity index (χ1) is 21.0. The van der Waals surface area contributed by atoms with E-state index in [1.807, 2.05) is 22.8 Å². The normalized spacial score (nSPS) is 17.8. The Hall–Kier alpha value is -3.93. The van der Waals surface area contributed by atoms with Gasteiger partial charge in [0.1, 0.15) is 18.2 Å². The van der Waals surface area contributed by atoms with Crippen LogP contribution in [0.25, 0.3) is 16.8 Å². The Bertz CT molecular complexity index is 1600. The zero-order chi connectivity index (χ0) is 29.8. The lowest BCUT2D eigenvalue weighted by Gasteiger charge is -2.31. The van der Waals surface area contributed by atoms with E-state index in [0.29, 0.717) is 35.6 Å². The van der Waals surface area contributed by atoms with Gasteiger partial charge in [0.15, 0.2) is 0 Å². The highest BCUT2D eigenvalue weighted by Gasteiger charge is 2.27. The number of nitrogens with two attached hydrogens (primary N) is 1. The molecule has 5 heterocycles. The second kappa shape index (κ2) is 14.2. The molecule has 2 saturated heterocycles. The number of hydrogen-bond donors (Lipinski definition) is 3. The highest BCUT2D eigenvalue weighted by Crippen LogP contribution is 2.28. The van der Waals surface area contributed by atoms with Crippen LogP contribution in [0.5, 0.6) is 0 Å². The fraction of sp³-hybridized carbons (Fsp3) is 0.406. The number of amides is 2. The van der Waals surface area contributed by atoms with Crippen LogP contribution in [-0.2, 0) is 22.6 Å². The molecule has 0 saturated carbocycles. The van der Waals surface area contributed by atoms with Gasteiger partial charge in [0, 0.05) is 41.9 Å². The van der Waals surface area contributed by atoms with Crippen molar-refractivity contribution >= 4 is 35.4 Å². The number of likely N-dealkylation sites (tertiary alicyclic amines) is 1. The number of anilines is 1. The van der Waals surface area contributed by atoms with E-state index >= 15 is 0 Å². The second-order valence-corrected chi connectivity index (χ2v) is 11.5. The lowest BCUT2D eigenvalue weighted by atomic mass is 9.93. The minimum Gasteiger partial charge on any atom is -0.372 e. The minimum atomic E-state index is -0.401. The summed E-state index contributed by atoms with van der Waals surface area (Å²) in [6, 6.07) is 10.8. The molecule has 4 aromatic rings. The van der Waals surface area contributed by atoms with E-state index in [4.69, 9.17) is 5.73 Å². The van der Waals surface area contributed by atoms with Gasteiger partial charge in [-0.15, -0.1) is 12.4 Å². The molecule has 1 unspecified atom stereocenters. The summed E-state index contributed by atoms with van der Waals surface area (Å²) in [7, 11) is 0. The molecule has 0 spiro atoms. The third-order valence-corrected chi connectivity index (χ3v) is 8.57. The quantitative estimate of drug-likeness (QED) is 0.177. The number of carbonyl (C=O) groups is 2. The molecule has 0 bridgehead atoms. The van der Waals surface area contributed by atoms with Gasteiger partial charge in [-0.05, 0) is 88.0 Å². The number of fused-ring (bicyclic) bond motifs is 1. The summed E-state index contributed by atoms with van der Waals surface area (Å²) in [5, 5.41) is 9.93. The first-order valence-electron chi connectivity index (χ1n) is 15.1. The van der Waals surface area contributed by atoms with Crippen LogP contribution in [0.2, 0.25) is 0 Å². The van der Waals surface area contributed by atoms with Crippen molar-refractivity contribution in [2.45, 2.75) is 63.5 Å². The van der Waals surface area contributed by atoms with Gasteiger partial charge in [-0.1, -0.05) is 12.1 Å². The number of piperidine rings is 2. The van der Waals surface area contributed by atoms with Gasteiger partial charge in [0.25, 0.3) is 0 Å². The van der Waals surface area contributed by atoms with Gasteiger partial charge in [-0.25, -0.2) is 13.9 Å². The van der Waals surface area contributed by atoms with Crippen molar-refractivity contribution in [1.29, 1.82) is 0 Å². The summed E-state index contributed by atoms with van der Waals surface area (Å²) in [5.74, 6) is -0.375. The molecular formula is C32H38ClFN8O2. The number of hydrogen-bond acceptors (Lipinski definition) is 8. The van der Waals surface area contributed by atoms with Crippen LogP contribution in [0.3, 0.4) is 0 Å². The third kappa shape index (κ3) is 7.23. The zero-order valence-electron chi connectivity index (χ0n) is 24.5. The van der Waals surface area contributed by atoms with Crippen LogP contribution in [0.4, 0.5) is 10.1 Å². The molecule has 10 nitrogen and oxygen atoms in total. The predicted octanol–water partition coefficient (Wildman–Crippen LogP) is 4.23. The van der Waals surface area contributed by atoms with Gasteiger partial charge in [-0.3, -0.25) is 19.9 Å². The van der Waals surface area contributed by atoms with Crippen molar-refractivity contribution in [2.24, 2.45) is 5.73 Å². The van der Waals surface area contributed by atoms with Crippen LogP contribution in [0, 0.1) is 5.82 Å². The van der Waals surface area contributed by atoms with Crippen molar-refractivity contribution in [3.63, 3.8) is 0 Å². The average Bonchev–Trinajstić information content (AvgIpc) is 3.45.